The lowest BCUT2D eigenvalue weighted by atomic mass is 9.97. The normalized spacial score (nSPS) is 12.0. The molecule has 0 amide bonds. The predicted octanol–water partition coefficient (Wildman–Crippen LogP) is 14.0. The van der Waals surface area contributed by atoms with Crippen LogP contribution in [0.1, 0.15) is 0 Å². The predicted molar refractivity (Wildman–Crippen MR) is 299 cm³/mol. The van der Waals surface area contributed by atoms with Gasteiger partial charge in [-0.25, -0.2) is 0 Å². The number of nitrogens with zero attached hydrogens (tertiary/aromatic N) is 3. The lowest BCUT2D eigenvalue weighted by Gasteiger charge is -2.34. The summed E-state index contributed by atoms with van der Waals surface area (Å²) >= 11 is 0. The van der Waals surface area contributed by atoms with Crippen molar-refractivity contribution in [2.75, 3.05) is 0 Å². The van der Waals surface area contributed by atoms with Crippen molar-refractivity contribution in [3.8, 4) is 28.2 Å². The van der Waals surface area contributed by atoms with Crippen LogP contribution in [-0.2, 0) is 0 Å². The van der Waals surface area contributed by atoms with E-state index < -0.39 is 8.07 Å². The van der Waals surface area contributed by atoms with Gasteiger partial charge in [0.05, 0.1) is 38.8 Å². The molecule has 11 aromatic carbocycles. The Balaban J connectivity index is 1.01. The quantitative estimate of drug-likeness (QED) is 0.107. The van der Waals surface area contributed by atoms with Gasteiger partial charge < -0.3 is 13.7 Å². The smallest absolute Gasteiger partial charge is 0.179 e. The van der Waals surface area contributed by atoms with Gasteiger partial charge in [-0.3, -0.25) is 0 Å². The van der Waals surface area contributed by atoms with Crippen molar-refractivity contribution in [1.29, 1.82) is 0 Å². The first kappa shape index (κ1) is 40.1. The van der Waals surface area contributed by atoms with Crippen molar-refractivity contribution >= 4 is 94.2 Å². The van der Waals surface area contributed by atoms with Gasteiger partial charge in [0.1, 0.15) is 0 Å². The molecule has 0 fully saturated rings. The molecule has 3 heterocycles. The molecule has 3 aromatic heterocycles. The van der Waals surface area contributed by atoms with Gasteiger partial charge in [-0.05, 0) is 87.0 Å². The summed E-state index contributed by atoms with van der Waals surface area (Å²) in [5.74, 6) is 0. The number of aromatic nitrogens is 3. The van der Waals surface area contributed by atoms with E-state index in [0.717, 1.165) is 17.1 Å². The Labute approximate surface area is 407 Å². The minimum atomic E-state index is -2.71. The lowest BCUT2D eigenvalue weighted by molar-refractivity contribution is 1.17. The average Bonchev–Trinajstić information content (AvgIpc) is 4.09. The molecule has 0 spiro atoms. The van der Waals surface area contributed by atoms with Crippen molar-refractivity contribution in [3.63, 3.8) is 0 Å². The van der Waals surface area contributed by atoms with Gasteiger partial charge in [0.15, 0.2) is 8.07 Å². The second kappa shape index (κ2) is 16.1. The van der Waals surface area contributed by atoms with Crippen LogP contribution in [0, 0.1) is 0 Å². The molecule has 0 unspecified atom stereocenters. The van der Waals surface area contributed by atoms with Gasteiger partial charge in [0, 0.05) is 49.3 Å². The third kappa shape index (κ3) is 5.87. The van der Waals surface area contributed by atoms with Crippen LogP contribution in [0.15, 0.2) is 273 Å². The summed E-state index contributed by atoms with van der Waals surface area (Å²) in [6.07, 6.45) is 0. The topological polar surface area (TPSA) is 14.8 Å². The minimum Gasteiger partial charge on any atom is -0.309 e. The van der Waals surface area contributed by atoms with E-state index in [1.807, 2.05) is 0 Å². The van der Waals surface area contributed by atoms with Crippen molar-refractivity contribution in [2.45, 2.75) is 0 Å². The SMILES string of the molecule is c1ccc(-n2c3ccccc3c3c(-c4cccc5c6ccccc6n(-c6cccc7c6c6ccccc6n7-c6ccc([Si](c7ccccc7)(c7ccccc7)c7ccccc7)cc6)c45)cccc32)cc1. The number of hydrogen-bond acceptors (Lipinski definition) is 0. The first-order chi connectivity index (χ1) is 34.8. The van der Waals surface area contributed by atoms with Crippen LogP contribution < -0.4 is 20.7 Å². The highest BCUT2D eigenvalue weighted by Gasteiger charge is 2.41. The van der Waals surface area contributed by atoms with E-state index in [-0.39, 0.29) is 0 Å². The Hall–Kier alpha value is -8.96. The van der Waals surface area contributed by atoms with Crippen molar-refractivity contribution in [1.82, 2.24) is 13.7 Å². The first-order valence-corrected chi connectivity index (χ1v) is 26.2. The van der Waals surface area contributed by atoms with E-state index in [4.69, 9.17) is 0 Å². The van der Waals surface area contributed by atoms with E-state index in [0.29, 0.717) is 0 Å². The van der Waals surface area contributed by atoms with Gasteiger partial charge in [-0.2, -0.15) is 0 Å². The van der Waals surface area contributed by atoms with Crippen LogP contribution in [-0.4, -0.2) is 21.8 Å². The van der Waals surface area contributed by atoms with Crippen molar-refractivity contribution in [3.05, 3.63) is 273 Å². The summed E-state index contributed by atoms with van der Waals surface area (Å²) in [6.45, 7) is 0. The van der Waals surface area contributed by atoms with E-state index >= 15 is 0 Å². The molecule has 0 saturated heterocycles. The molecule has 3 nitrogen and oxygen atoms in total. The van der Waals surface area contributed by atoms with Gasteiger partial charge in [-0.1, -0.05) is 212 Å². The summed E-state index contributed by atoms with van der Waals surface area (Å²) in [4.78, 5) is 0. The fourth-order valence-electron chi connectivity index (χ4n) is 12.0. The van der Waals surface area contributed by atoms with E-state index in [1.165, 1.54) is 97.3 Å². The average molecular weight is 908 g/mol. The molecule has 0 N–H and O–H groups in total. The summed E-state index contributed by atoms with van der Waals surface area (Å²) < 4.78 is 7.44. The zero-order chi connectivity index (χ0) is 46.2. The largest absolute Gasteiger partial charge is 0.309 e. The summed E-state index contributed by atoms with van der Waals surface area (Å²) in [7, 11) is -2.71. The molecule has 14 rings (SSSR count). The zero-order valence-electron chi connectivity index (χ0n) is 38.3. The maximum Gasteiger partial charge on any atom is 0.179 e. The molecule has 0 aliphatic carbocycles. The van der Waals surface area contributed by atoms with E-state index in [9.17, 15) is 0 Å². The van der Waals surface area contributed by atoms with Gasteiger partial charge in [0.25, 0.3) is 0 Å². The fourth-order valence-corrected chi connectivity index (χ4v) is 16.7. The van der Waals surface area contributed by atoms with Crippen LogP contribution in [0.3, 0.4) is 0 Å². The Kier molecular flexibility index (Phi) is 9.23. The third-order valence-electron chi connectivity index (χ3n) is 14.8. The summed E-state index contributed by atoms with van der Waals surface area (Å²) in [6, 6.07) is 101. The molecule has 14 aromatic rings. The lowest BCUT2D eigenvalue weighted by Crippen LogP contribution is -2.74. The van der Waals surface area contributed by atoms with E-state index in [1.54, 1.807) is 0 Å². The fraction of sp³-hybridized carbons (Fsp3) is 0. The molecule has 0 aliphatic rings. The van der Waals surface area contributed by atoms with Crippen LogP contribution in [0.2, 0.25) is 0 Å². The molecule has 0 atom stereocenters. The molecule has 70 heavy (non-hydrogen) atoms. The molecule has 0 aliphatic heterocycles. The second-order valence-corrected chi connectivity index (χ2v) is 22.2. The van der Waals surface area contributed by atoms with Crippen LogP contribution >= 0.6 is 0 Å². The van der Waals surface area contributed by atoms with Gasteiger partial charge >= 0.3 is 0 Å². The molecule has 0 bridgehead atoms. The molecular weight excluding hydrogens is 863 g/mol. The molecule has 4 heteroatoms. The van der Waals surface area contributed by atoms with Crippen LogP contribution in [0.25, 0.3) is 93.6 Å². The minimum absolute atomic E-state index is 1.13. The number of hydrogen-bond donors (Lipinski definition) is 0. The number of rotatable bonds is 8. The highest BCUT2D eigenvalue weighted by molar-refractivity contribution is 7.19. The van der Waals surface area contributed by atoms with Crippen LogP contribution in [0.4, 0.5) is 0 Å². The third-order valence-corrected chi connectivity index (χ3v) is 19.6. The Morgan fingerprint density at radius 3 is 1.20 bits per heavy atom. The Morgan fingerprint density at radius 1 is 0.229 bits per heavy atom. The maximum atomic E-state index is 2.55. The zero-order valence-corrected chi connectivity index (χ0v) is 39.3. The number of benzene rings is 11. The Morgan fingerprint density at radius 2 is 0.614 bits per heavy atom. The van der Waals surface area contributed by atoms with Gasteiger partial charge in [0.2, 0.25) is 0 Å². The summed E-state index contributed by atoms with van der Waals surface area (Å²) in [5.41, 5.74) is 13.0. The van der Waals surface area contributed by atoms with Crippen LogP contribution in [0.5, 0.6) is 0 Å². The molecular formula is C66H45N3Si. The molecule has 328 valence electrons. The first-order valence-electron chi connectivity index (χ1n) is 24.2. The highest BCUT2D eigenvalue weighted by Crippen LogP contribution is 2.45. The standard InChI is InChI=1S/C66H45N3Si/c1-5-22-46(23-6-1)67-59-37-17-14-31-56(59)64-53(33-20-39-61(64)67)55-35-19-34-54-52-30-13-16-36-58(52)69(66(54)55)63-41-21-40-62-65(63)57-32-15-18-38-60(57)68(62)47-42-44-51(45-43-47)70(48-24-7-2-8-25-48,49-26-9-3-10-27-49)50-28-11-4-12-29-50/h1-45H. The van der Waals surface area contributed by atoms with E-state index in [2.05, 4.69) is 287 Å². The van der Waals surface area contributed by atoms with Gasteiger partial charge in [-0.15, -0.1) is 0 Å². The monoisotopic (exact) mass is 907 g/mol. The molecule has 0 radical (unpaired) electrons. The number of fused-ring (bicyclic) bond motifs is 9. The van der Waals surface area contributed by atoms with Crippen molar-refractivity contribution in [2.24, 2.45) is 0 Å². The highest BCUT2D eigenvalue weighted by atomic mass is 28.3. The van der Waals surface area contributed by atoms with Crippen molar-refractivity contribution < 1.29 is 0 Å². The Bertz CT molecular complexity index is 4170. The second-order valence-electron chi connectivity index (χ2n) is 18.4. The maximum absolute atomic E-state index is 2.71. The number of para-hydroxylation sites is 5. The summed E-state index contributed by atoms with van der Waals surface area (Å²) in [5, 5.41) is 12.8. The molecule has 0 saturated carbocycles.